The molecule has 1 saturated heterocycles. The number of amides is 1. The van der Waals surface area contributed by atoms with Crippen molar-refractivity contribution in [3.63, 3.8) is 0 Å². The van der Waals surface area contributed by atoms with Crippen LogP contribution in [0.15, 0.2) is 10.6 Å². The molecule has 8 heteroatoms. The van der Waals surface area contributed by atoms with Crippen molar-refractivity contribution in [1.82, 2.24) is 25.7 Å². The molecule has 1 aliphatic rings. The van der Waals surface area contributed by atoms with Crippen LogP contribution < -0.4 is 5.32 Å². The van der Waals surface area contributed by atoms with Gasteiger partial charge in [0.1, 0.15) is 11.7 Å². The highest BCUT2D eigenvalue weighted by atomic mass is 16.5. The molecule has 1 amide bonds. The molecule has 22 heavy (non-hydrogen) atoms. The largest absolute Gasteiger partial charge is 0.381 e. The Labute approximate surface area is 127 Å². The number of nitrogens with zero attached hydrogens (tertiary/aromatic N) is 3. The minimum Gasteiger partial charge on any atom is -0.381 e. The second-order valence-corrected chi connectivity index (χ2v) is 5.52. The van der Waals surface area contributed by atoms with Gasteiger partial charge in [-0.25, -0.2) is 0 Å². The Bertz CT molecular complexity index is 644. The number of H-pyrrole nitrogens is 1. The maximum Gasteiger partial charge on any atom is 0.272 e. The van der Waals surface area contributed by atoms with Gasteiger partial charge in [-0.05, 0) is 38.7 Å². The lowest BCUT2D eigenvalue weighted by atomic mass is 9.91. The quantitative estimate of drug-likeness (QED) is 0.882. The number of hydrogen-bond acceptors (Lipinski definition) is 6. The number of nitrogens with one attached hydrogen (secondary N) is 2. The van der Waals surface area contributed by atoms with Crippen LogP contribution in [0.2, 0.25) is 0 Å². The Kier molecular flexibility index (Phi) is 4.19. The highest BCUT2D eigenvalue weighted by Gasteiger charge is 2.31. The van der Waals surface area contributed by atoms with Gasteiger partial charge in [0, 0.05) is 18.9 Å². The molecular formula is C14H19N5O3. The molecule has 0 spiro atoms. The maximum atomic E-state index is 12.4. The van der Waals surface area contributed by atoms with Crippen LogP contribution in [-0.4, -0.2) is 39.5 Å². The van der Waals surface area contributed by atoms with Gasteiger partial charge < -0.3 is 14.6 Å². The average Bonchev–Trinajstić information content (AvgIpc) is 3.14. The van der Waals surface area contributed by atoms with Gasteiger partial charge >= 0.3 is 0 Å². The Balaban J connectivity index is 1.80. The van der Waals surface area contributed by atoms with Gasteiger partial charge in [-0.1, -0.05) is 5.16 Å². The first-order valence-electron chi connectivity index (χ1n) is 7.34. The smallest absolute Gasteiger partial charge is 0.272 e. The molecule has 0 aliphatic carbocycles. The summed E-state index contributed by atoms with van der Waals surface area (Å²) in [6.07, 6.45) is 1.68. The van der Waals surface area contributed by atoms with E-state index < -0.39 is 0 Å². The van der Waals surface area contributed by atoms with Gasteiger partial charge in [-0.15, -0.1) is 0 Å². The Morgan fingerprint density at radius 2 is 2.18 bits per heavy atom. The predicted molar refractivity (Wildman–Crippen MR) is 76.1 cm³/mol. The number of rotatable bonds is 4. The average molecular weight is 305 g/mol. The summed E-state index contributed by atoms with van der Waals surface area (Å²) in [4.78, 5) is 16.7. The van der Waals surface area contributed by atoms with Gasteiger partial charge in [0.25, 0.3) is 5.91 Å². The minimum absolute atomic E-state index is 0.206. The molecule has 0 unspecified atom stereocenters. The van der Waals surface area contributed by atoms with Crippen LogP contribution in [0.1, 0.15) is 46.8 Å². The standard InChI is InChI=1S/C14H19N5O3/c1-8-7-11(18-17-8)13(20)16-12(10-3-5-21-6-4-10)14-15-9(2)19-22-14/h7,10,12H,3-6H2,1-2H3,(H,16,20)(H,17,18)/t12-/m1/s1. The maximum absolute atomic E-state index is 12.4. The van der Waals surface area contributed by atoms with E-state index in [0.29, 0.717) is 30.6 Å². The van der Waals surface area contributed by atoms with Gasteiger partial charge in [-0.3, -0.25) is 9.89 Å². The van der Waals surface area contributed by atoms with E-state index in [1.54, 1.807) is 13.0 Å². The fraction of sp³-hybridized carbons (Fsp3) is 0.571. The number of carbonyl (C=O) groups excluding carboxylic acids is 1. The van der Waals surface area contributed by atoms with Crippen molar-refractivity contribution in [2.75, 3.05) is 13.2 Å². The van der Waals surface area contributed by atoms with E-state index in [-0.39, 0.29) is 17.9 Å². The fourth-order valence-corrected chi connectivity index (χ4v) is 2.62. The van der Waals surface area contributed by atoms with Crippen molar-refractivity contribution in [2.24, 2.45) is 5.92 Å². The van der Waals surface area contributed by atoms with E-state index in [1.165, 1.54) is 0 Å². The topological polar surface area (TPSA) is 106 Å². The lowest BCUT2D eigenvalue weighted by Gasteiger charge is -2.28. The van der Waals surface area contributed by atoms with E-state index in [4.69, 9.17) is 9.26 Å². The first-order valence-corrected chi connectivity index (χ1v) is 7.34. The van der Waals surface area contributed by atoms with Crippen LogP contribution in [0.3, 0.4) is 0 Å². The summed E-state index contributed by atoms with van der Waals surface area (Å²) < 4.78 is 10.7. The van der Waals surface area contributed by atoms with Crippen molar-refractivity contribution < 1.29 is 14.1 Å². The lowest BCUT2D eigenvalue weighted by Crippen LogP contribution is -2.36. The third-order valence-corrected chi connectivity index (χ3v) is 3.77. The van der Waals surface area contributed by atoms with Crippen LogP contribution in [0.25, 0.3) is 0 Å². The lowest BCUT2D eigenvalue weighted by molar-refractivity contribution is 0.0467. The zero-order valence-corrected chi connectivity index (χ0v) is 12.6. The summed E-state index contributed by atoms with van der Waals surface area (Å²) in [5.41, 5.74) is 1.19. The van der Waals surface area contributed by atoms with Crippen LogP contribution in [-0.2, 0) is 4.74 Å². The highest BCUT2D eigenvalue weighted by molar-refractivity contribution is 5.92. The van der Waals surface area contributed by atoms with Crippen LogP contribution in [0.4, 0.5) is 0 Å². The molecule has 0 saturated carbocycles. The summed E-state index contributed by atoms with van der Waals surface area (Å²) in [5.74, 6) is 0.941. The molecule has 1 fully saturated rings. The number of ether oxygens (including phenoxy) is 1. The molecule has 0 aromatic carbocycles. The first-order chi connectivity index (χ1) is 10.6. The second-order valence-electron chi connectivity index (χ2n) is 5.52. The molecule has 8 nitrogen and oxygen atoms in total. The first kappa shape index (κ1) is 14.7. The number of carbonyl (C=O) groups is 1. The number of aromatic amines is 1. The van der Waals surface area contributed by atoms with Crippen molar-refractivity contribution in [3.8, 4) is 0 Å². The van der Waals surface area contributed by atoms with Crippen molar-refractivity contribution in [3.05, 3.63) is 29.2 Å². The molecule has 3 rings (SSSR count). The molecule has 2 N–H and O–H groups in total. The second kappa shape index (κ2) is 6.27. The molecule has 3 heterocycles. The third-order valence-electron chi connectivity index (χ3n) is 3.77. The summed E-state index contributed by atoms with van der Waals surface area (Å²) in [7, 11) is 0. The van der Waals surface area contributed by atoms with Gasteiger partial charge in [0.05, 0.1) is 0 Å². The fourth-order valence-electron chi connectivity index (χ4n) is 2.62. The summed E-state index contributed by atoms with van der Waals surface area (Å²) in [6.45, 7) is 4.95. The molecule has 1 aliphatic heterocycles. The molecule has 0 bridgehead atoms. The molecule has 2 aromatic heterocycles. The molecule has 118 valence electrons. The van der Waals surface area contributed by atoms with Gasteiger partial charge in [0.2, 0.25) is 5.89 Å². The van der Waals surface area contributed by atoms with Crippen molar-refractivity contribution in [1.29, 1.82) is 0 Å². The van der Waals surface area contributed by atoms with E-state index >= 15 is 0 Å². The Morgan fingerprint density at radius 1 is 1.41 bits per heavy atom. The summed E-state index contributed by atoms with van der Waals surface area (Å²) in [6, 6.07) is 1.38. The predicted octanol–water partition coefficient (Wildman–Crippen LogP) is 1.31. The van der Waals surface area contributed by atoms with Crippen LogP contribution in [0.5, 0.6) is 0 Å². The summed E-state index contributed by atoms with van der Waals surface area (Å²) in [5, 5.41) is 13.5. The SMILES string of the molecule is Cc1noc([C@H](NC(=O)c2cc(C)[nH]n2)C2CCOCC2)n1. The van der Waals surface area contributed by atoms with Gasteiger partial charge in [0.15, 0.2) is 5.82 Å². The number of aryl methyl sites for hydroxylation is 2. The Hall–Kier alpha value is -2.22. The number of hydrogen-bond donors (Lipinski definition) is 2. The number of aromatic nitrogens is 4. The monoisotopic (exact) mass is 305 g/mol. The molecule has 0 radical (unpaired) electrons. The van der Waals surface area contributed by atoms with E-state index in [0.717, 1.165) is 18.5 Å². The van der Waals surface area contributed by atoms with E-state index in [1.807, 2.05) is 6.92 Å². The van der Waals surface area contributed by atoms with Gasteiger partial charge in [-0.2, -0.15) is 10.1 Å². The van der Waals surface area contributed by atoms with E-state index in [9.17, 15) is 4.79 Å². The summed E-state index contributed by atoms with van der Waals surface area (Å²) >= 11 is 0. The van der Waals surface area contributed by atoms with E-state index in [2.05, 4.69) is 25.7 Å². The highest BCUT2D eigenvalue weighted by Crippen LogP contribution is 2.29. The Morgan fingerprint density at radius 3 is 2.77 bits per heavy atom. The van der Waals surface area contributed by atoms with Crippen molar-refractivity contribution in [2.45, 2.75) is 32.7 Å². The molecule has 2 aromatic rings. The molecular weight excluding hydrogens is 286 g/mol. The minimum atomic E-state index is -0.324. The van der Waals surface area contributed by atoms with Crippen LogP contribution in [0, 0.1) is 19.8 Å². The molecule has 1 atom stereocenters. The zero-order valence-electron chi connectivity index (χ0n) is 12.6. The van der Waals surface area contributed by atoms with Crippen LogP contribution >= 0.6 is 0 Å². The zero-order chi connectivity index (χ0) is 15.5. The van der Waals surface area contributed by atoms with Crippen molar-refractivity contribution >= 4 is 5.91 Å². The third kappa shape index (κ3) is 3.16. The normalized spacial score (nSPS) is 17.4.